The quantitative estimate of drug-likeness (QED) is 0.855. The number of aliphatic hydroxyl groups excluding tert-OH is 1. The second-order valence-electron chi connectivity index (χ2n) is 4.58. The number of nitrogens with zero attached hydrogens (tertiary/aromatic N) is 1. The molecule has 1 amide bonds. The number of aliphatic hydroxyl groups is 1. The zero-order valence-electron chi connectivity index (χ0n) is 12.0. The molecule has 0 spiro atoms. The van der Waals surface area contributed by atoms with Gasteiger partial charge in [0.25, 0.3) is 5.91 Å². The van der Waals surface area contributed by atoms with E-state index in [4.69, 9.17) is 9.84 Å². The Morgan fingerprint density at radius 1 is 1.29 bits per heavy atom. The van der Waals surface area contributed by atoms with E-state index in [1.54, 1.807) is 40.5 Å². The molecule has 1 aromatic carbocycles. The molecule has 2 rings (SSSR count). The van der Waals surface area contributed by atoms with E-state index in [1.165, 1.54) is 0 Å². The minimum absolute atomic E-state index is 0.00361. The number of likely N-dealkylation sites (N-methyl/N-ethyl adjacent to an activating group) is 1. The van der Waals surface area contributed by atoms with E-state index in [2.05, 4.69) is 0 Å². The van der Waals surface area contributed by atoms with E-state index >= 15 is 0 Å². The molecule has 0 fully saturated rings. The number of amides is 1. The van der Waals surface area contributed by atoms with Gasteiger partial charge in [0, 0.05) is 11.4 Å². The lowest BCUT2D eigenvalue weighted by Crippen LogP contribution is -2.34. The van der Waals surface area contributed by atoms with Gasteiger partial charge in [-0.3, -0.25) is 4.79 Å². The average molecular weight is 305 g/mol. The van der Waals surface area contributed by atoms with E-state index in [9.17, 15) is 4.79 Å². The van der Waals surface area contributed by atoms with Gasteiger partial charge >= 0.3 is 0 Å². The van der Waals surface area contributed by atoms with Crippen LogP contribution in [0.2, 0.25) is 0 Å². The van der Waals surface area contributed by atoms with Crippen molar-refractivity contribution in [2.45, 2.75) is 20.1 Å². The summed E-state index contributed by atoms with van der Waals surface area (Å²) in [6.07, 6.45) is 0. The van der Waals surface area contributed by atoms with E-state index in [0.29, 0.717) is 18.8 Å². The number of carbonyl (C=O) groups excluding carboxylic acids is 1. The predicted molar refractivity (Wildman–Crippen MR) is 83.3 cm³/mol. The molecule has 0 saturated carbocycles. The predicted octanol–water partition coefficient (Wildman–Crippen LogP) is 2.67. The third-order valence-electron chi connectivity index (χ3n) is 3.13. The van der Waals surface area contributed by atoms with Gasteiger partial charge in [0.2, 0.25) is 0 Å². The maximum Gasteiger partial charge on any atom is 0.260 e. The van der Waals surface area contributed by atoms with E-state index in [1.807, 2.05) is 24.4 Å². The molecule has 0 aliphatic rings. The Hall–Kier alpha value is -1.85. The Morgan fingerprint density at radius 3 is 2.62 bits per heavy atom. The number of benzene rings is 1. The molecular weight excluding hydrogens is 286 g/mol. The number of hydrogen-bond donors (Lipinski definition) is 1. The van der Waals surface area contributed by atoms with Gasteiger partial charge < -0.3 is 14.7 Å². The molecule has 0 aliphatic carbocycles. The van der Waals surface area contributed by atoms with Crippen molar-refractivity contribution < 1.29 is 14.6 Å². The largest absolute Gasteiger partial charge is 0.484 e. The van der Waals surface area contributed by atoms with Crippen molar-refractivity contribution in [1.29, 1.82) is 0 Å². The highest BCUT2D eigenvalue weighted by atomic mass is 32.1. The van der Waals surface area contributed by atoms with Crippen LogP contribution in [0.4, 0.5) is 0 Å². The summed E-state index contributed by atoms with van der Waals surface area (Å²) in [4.78, 5) is 15.1. The van der Waals surface area contributed by atoms with Crippen LogP contribution < -0.4 is 4.74 Å². The summed E-state index contributed by atoms with van der Waals surface area (Å²) in [7, 11) is 0. The lowest BCUT2D eigenvalue weighted by Gasteiger charge is -2.20. The summed E-state index contributed by atoms with van der Waals surface area (Å²) >= 11 is 1.64. The monoisotopic (exact) mass is 305 g/mol. The van der Waals surface area contributed by atoms with Crippen molar-refractivity contribution in [1.82, 2.24) is 4.90 Å². The summed E-state index contributed by atoms with van der Waals surface area (Å²) in [6.45, 7) is 3.27. The van der Waals surface area contributed by atoms with Gasteiger partial charge in [-0.05, 0) is 36.1 Å². The number of carbonyl (C=O) groups is 1. The van der Waals surface area contributed by atoms with Crippen LogP contribution in [0, 0.1) is 0 Å². The van der Waals surface area contributed by atoms with Crippen LogP contribution >= 0.6 is 11.3 Å². The second kappa shape index (κ2) is 7.81. The van der Waals surface area contributed by atoms with Crippen LogP contribution in [-0.4, -0.2) is 29.1 Å². The van der Waals surface area contributed by atoms with Crippen molar-refractivity contribution in [3.63, 3.8) is 0 Å². The van der Waals surface area contributed by atoms with Crippen molar-refractivity contribution in [3.8, 4) is 5.75 Å². The number of thiophene rings is 1. The molecule has 2 aromatic rings. The fraction of sp³-hybridized carbons (Fsp3) is 0.312. The van der Waals surface area contributed by atoms with Crippen LogP contribution in [0.25, 0.3) is 0 Å². The summed E-state index contributed by atoms with van der Waals surface area (Å²) in [5.41, 5.74) is 0.821. The Balaban J connectivity index is 1.86. The minimum atomic E-state index is -0.0304. The van der Waals surface area contributed by atoms with Crippen LogP contribution in [0.5, 0.6) is 5.75 Å². The first-order valence-electron chi connectivity index (χ1n) is 6.85. The van der Waals surface area contributed by atoms with Gasteiger partial charge in [-0.15, -0.1) is 11.3 Å². The third-order valence-corrected chi connectivity index (χ3v) is 3.99. The van der Waals surface area contributed by atoms with Crippen LogP contribution in [0.3, 0.4) is 0 Å². The van der Waals surface area contributed by atoms with Crippen molar-refractivity contribution in [2.24, 2.45) is 0 Å². The highest BCUT2D eigenvalue weighted by Crippen LogP contribution is 2.14. The van der Waals surface area contributed by atoms with Crippen LogP contribution in [0.15, 0.2) is 41.8 Å². The third kappa shape index (κ3) is 4.58. The number of hydrogen-bond acceptors (Lipinski definition) is 4. The zero-order chi connectivity index (χ0) is 15.1. The standard InChI is InChI=1S/C16H19NO3S/c1-2-17(10-15-4-3-9-21-15)16(19)12-20-14-7-5-13(11-18)6-8-14/h3-9,18H,2,10-12H2,1H3. The first kappa shape index (κ1) is 15.5. The van der Waals surface area contributed by atoms with E-state index in [-0.39, 0.29) is 19.1 Å². The fourth-order valence-electron chi connectivity index (χ4n) is 1.89. The van der Waals surface area contributed by atoms with Gasteiger partial charge in [-0.25, -0.2) is 0 Å². The van der Waals surface area contributed by atoms with Gasteiger partial charge in [0.1, 0.15) is 5.75 Å². The molecule has 0 bridgehead atoms. The van der Waals surface area contributed by atoms with Gasteiger partial charge in [-0.1, -0.05) is 18.2 Å². The van der Waals surface area contributed by atoms with Crippen LogP contribution in [-0.2, 0) is 17.9 Å². The Kier molecular flexibility index (Phi) is 5.78. The molecule has 21 heavy (non-hydrogen) atoms. The first-order valence-corrected chi connectivity index (χ1v) is 7.73. The normalized spacial score (nSPS) is 10.4. The lowest BCUT2D eigenvalue weighted by atomic mass is 10.2. The molecule has 4 nitrogen and oxygen atoms in total. The SMILES string of the molecule is CCN(Cc1cccs1)C(=O)COc1ccc(CO)cc1. The first-order chi connectivity index (χ1) is 10.2. The van der Waals surface area contributed by atoms with E-state index < -0.39 is 0 Å². The van der Waals surface area contributed by atoms with E-state index in [0.717, 1.165) is 10.4 Å². The molecule has 0 aliphatic heterocycles. The molecule has 0 saturated heterocycles. The molecule has 0 radical (unpaired) electrons. The highest BCUT2D eigenvalue weighted by molar-refractivity contribution is 7.09. The minimum Gasteiger partial charge on any atom is -0.484 e. The summed E-state index contributed by atoms with van der Waals surface area (Å²) in [5.74, 6) is 0.602. The molecule has 1 N–H and O–H groups in total. The van der Waals surface area contributed by atoms with Gasteiger partial charge in [0.15, 0.2) is 6.61 Å². The van der Waals surface area contributed by atoms with Gasteiger partial charge in [-0.2, -0.15) is 0 Å². The van der Waals surface area contributed by atoms with Crippen molar-refractivity contribution >= 4 is 17.2 Å². The Labute approximate surface area is 128 Å². The molecule has 0 atom stereocenters. The molecular formula is C16H19NO3S. The summed E-state index contributed by atoms with van der Waals surface area (Å²) in [6, 6.07) is 11.1. The zero-order valence-corrected chi connectivity index (χ0v) is 12.8. The Bertz CT molecular complexity index is 551. The topological polar surface area (TPSA) is 49.8 Å². The molecule has 0 unspecified atom stereocenters. The molecule has 1 aromatic heterocycles. The summed E-state index contributed by atoms with van der Waals surface area (Å²) < 4.78 is 5.50. The smallest absolute Gasteiger partial charge is 0.260 e. The van der Waals surface area contributed by atoms with Crippen molar-refractivity contribution in [2.75, 3.05) is 13.2 Å². The molecule has 1 heterocycles. The highest BCUT2D eigenvalue weighted by Gasteiger charge is 2.13. The van der Waals surface area contributed by atoms with Crippen LogP contribution in [0.1, 0.15) is 17.4 Å². The fourth-order valence-corrected chi connectivity index (χ4v) is 2.61. The number of ether oxygens (including phenoxy) is 1. The average Bonchev–Trinajstić information content (AvgIpc) is 3.03. The Morgan fingerprint density at radius 2 is 2.05 bits per heavy atom. The second-order valence-corrected chi connectivity index (χ2v) is 5.61. The maximum atomic E-state index is 12.2. The summed E-state index contributed by atoms with van der Waals surface area (Å²) in [5, 5.41) is 11.0. The maximum absolute atomic E-state index is 12.2. The lowest BCUT2D eigenvalue weighted by molar-refractivity contribution is -0.133. The molecule has 5 heteroatoms. The van der Waals surface area contributed by atoms with Crippen molar-refractivity contribution in [3.05, 3.63) is 52.2 Å². The van der Waals surface area contributed by atoms with Gasteiger partial charge in [0.05, 0.1) is 13.2 Å². The molecule has 112 valence electrons. The number of rotatable bonds is 7.